The number of nitrogens with two attached hydrogens (primary N) is 1. The lowest BCUT2D eigenvalue weighted by molar-refractivity contribution is 0.415. The number of nitrogens with zero attached hydrogens (tertiary/aromatic N) is 1. The van der Waals surface area contributed by atoms with Gasteiger partial charge in [0.15, 0.2) is 0 Å². The summed E-state index contributed by atoms with van der Waals surface area (Å²) in [5.41, 5.74) is 7.88. The molecule has 0 bridgehead atoms. The predicted octanol–water partition coefficient (Wildman–Crippen LogP) is 2.51. The number of methoxy groups -OCH3 is 1. The molecule has 0 spiro atoms. The first-order chi connectivity index (χ1) is 7.76. The topological polar surface area (TPSA) is 74.8 Å². The summed E-state index contributed by atoms with van der Waals surface area (Å²) in [5, 5.41) is 9.66. The fourth-order valence-corrected chi connectivity index (χ4v) is 1.76. The summed E-state index contributed by atoms with van der Waals surface area (Å²) in [7, 11) is 1.63. The van der Waals surface area contributed by atoms with Crippen LogP contribution in [0.3, 0.4) is 0 Å². The summed E-state index contributed by atoms with van der Waals surface area (Å²) in [6, 6.07) is 7.58. The number of aromatic amines is 1. The number of H-pyrrole nitrogens is 1. The van der Waals surface area contributed by atoms with E-state index in [-0.39, 0.29) is 18.4 Å². The Labute approximate surface area is 106 Å². The van der Waals surface area contributed by atoms with Crippen LogP contribution in [0, 0.1) is 11.3 Å². The zero-order valence-corrected chi connectivity index (χ0v) is 10.3. The summed E-state index contributed by atoms with van der Waals surface area (Å²) in [6.07, 6.45) is 2.16. The highest BCUT2D eigenvalue weighted by Crippen LogP contribution is 2.27. The van der Waals surface area contributed by atoms with E-state index in [0.29, 0.717) is 6.42 Å². The molecule has 1 atom stereocenters. The zero-order valence-electron chi connectivity index (χ0n) is 9.43. The second kappa shape index (κ2) is 5.58. The fraction of sp³-hybridized carbons (Fsp3) is 0.250. The van der Waals surface area contributed by atoms with Gasteiger partial charge in [-0.15, -0.1) is 12.4 Å². The molecule has 3 N–H and O–H groups in total. The van der Waals surface area contributed by atoms with Crippen LogP contribution in [-0.2, 0) is 0 Å². The smallest absolute Gasteiger partial charge is 0.119 e. The molecule has 2 rings (SSSR count). The van der Waals surface area contributed by atoms with Crippen LogP contribution in [-0.4, -0.2) is 12.1 Å². The van der Waals surface area contributed by atoms with E-state index in [1.807, 2.05) is 24.4 Å². The highest BCUT2D eigenvalue weighted by Gasteiger charge is 2.11. The SMILES string of the molecule is COc1ccc2[nH]cc([C@@H](N)CC#N)c2c1.Cl. The molecule has 17 heavy (non-hydrogen) atoms. The minimum absolute atomic E-state index is 0. The molecule has 1 heterocycles. The Hall–Kier alpha value is -1.70. The first kappa shape index (κ1) is 13.4. The maximum absolute atomic E-state index is 8.64. The molecule has 0 saturated heterocycles. The summed E-state index contributed by atoms with van der Waals surface area (Å²) in [6.45, 7) is 0. The van der Waals surface area contributed by atoms with Gasteiger partial charge in [-0.3, -0.25) is 0 Å². The van der Waals surface area contributed by atoms with Crippen LogP contribution < -0.4 is 10.5 Å². The number of halogens is 1. The second-order valence-electron chi connectivity index (χ2n) is 3.62. The molecule has 0 saturated carbocycles. The first-order valence-corrected chi connectivity index (χ1v) is 5.04. The van der Waals surface area contributed by atoms with Gasteiger partial charge in [-0.05, 0) is 23.8 Å². The Bertz CT molecular complexity index is 544. The number of hydrogen-bond acceptors (Lipinski definition) is 3. The van der Waals surface area contributed by atoms with Gasteiger partial charge < -0.3 is 15.5 Å². The molecule has 1 aromatic carbocycles. The number of nitriles is 1. The van der Waals surface area contributed by atoms with E-state index in [4.69, 9.17) is 15.7 Å². The van der Waals surface area contributed by atoms with Crippen LogP contribution >= 0.6 is 12.4 Å². The van der Waals surface area contributed by atoms with Gasteiger partial charge in [0, 0.05) is 23.1 Å². The zero-order chi connectivity index (χ0) is 11.5. The van der Waals surface area contributed by atoms with E-state index >= 15 is 0 Å². The average molecular weight is 252 g/mol. The summed E-state index contributed by atoms with van der Waals surface area (Å²) in [4.78, 5) is 3.13. The maximum atomic E-state index is 8.64. The van der Waals surface area contributed by atoms with Crippen molar-refractivity contribution >= 4 is 23.3 Å². The molecular weight excluding hydrogens is 238 g/mol. The minimum atomic E-state index is -0.258. The molecule has 1 aromatic heterocycles. The average Bonchev–Trinajstić information content (AvgIpc) is 2.71. The summed E-state index contributed by atoms with van der Waals surface area (Å²) in [5.74, 6) is 0.789. The van der Waals surface area contributed by atoms with E-state index in [1.54, 1.807) is 7.11 Å². The van der Waals surface area contributed by atoms with Crippen LogP contribution in [0.15, 0.2) is 24.4 Å². The quantitative estimate of drug-likeness (QED) is 0.880. The van der Waals surface area contributed by atoms with Crippen molar-refractivity contribution in [3.63, 3.8) is 0 Å². The van der Waals surface area contributed by atoms with Crippen molar-refractivity contribution in [2.45, 2.75) is 12.5 Å². The number of benzene rings is 1. The Kier molecular flexibility index (Phi) is 4.38. The molecule has 4 nitrogen and oxygen atoms in total. The van der Waals surface area contributed by atoms with E-state index in [2.05, 4.69) is 11.1 Å². The van der Waals surface area contributed by atoms with Crippen molar-refractivity contribution < 1.29 is 4.74 Å². The lowest BCUT2D eigenvalue weighted by atomic mass is 10.0. The van der Waals surface area contributed by atoms with Gasteiger partial charge in [0.2, 0.25) is 0 Å². The molecule has 90 valence electrons. The molecule has 0 fully saturated rings. The largest absolute Gasteiger partial charge is 0.497 e. The standard InChI is InChI=1S/C12H13N3O.ClH/c1-16-8-2-3-12-9(6-8)10(7-15-12)11(14)4-5-13;/h2-3,6-7,11,15H,4,14H2,1H3;1H/t11-;/m0./s1. The number of hydrogen-bond donors (Lipinski definition) is 2. The summed E-state index contributed by atoms with van der Waals surface area (Å²) < 4.78 is 5.17. The molecule has 0 aliphatic rings. The monoisotopic (exact) mass is 251 g/mol. The van der Waals surface area contributed by atoms with Crippen LogP contribution in [0.2, 0.25) is 0 Å². The molecule has 0 aliphatic carbocycles. The maximum Gasteiger partial charge on any atom is 0.119 e. The van der Waals surface area contributed by atoms with Gasteiger partial charge in [-0.2, -0.15) is 5.26 Å². The molecular formula is C12H14ClN3O. The van der Waals surface area contributed by atoms with E-state index in [9.17, 15) is 0 Å². The Balaban J connectivity index is 0.00000144. The van der Waals surface area contributed by atoms with Crippen molar-refractivity contribution in [2.24, 2.45) is 5.73 Å². The lowest BCUT2D eigenvalue weighted by Crippen LogP contribution is -2.08. The van der Waals surface area contributed by atoms with Crippen molar-refractivity contribution in [3.8, 4) is 11.8 Å². The Morgan fingerprint density at radius 3 is 2.94 bits per heavy atom. The van der Waals surface area contributed by atoms with Crippen LogP contribution in [0.25, 0.3) is 10.9 Å². The summed E-state index contributed by atoms with van der Waals surface area (Å²) >= 11 is 0. The highest BCUT2D eigenvalue weighted by atomic mass is 35.5. The normalized spacial score (nSPS) is 11.6. The third-order valence-corrected chi connectivity index (χ3v) is 2.63. The van der Waals surface area contributed by atoms with Gasteiger partial charge in [-0.1, -0.05) is 0 Å². The third-order valence-electron chi connectivity index (χ3n) is 2.63. The van der Waals surface area contributed by atoms with Crippen LogP contribution in [0.1, 0.15) is 18.0 Å². The molecule has 0 aliphatic heterocycles. The second-order valence-corrected chi connectivity index (χ2v) is 3.62. The van der Waals surface area contributed by atoms with Crippen LogP contribution in [0.5, 0.6) is 5.75 Å². The number of nitrogens with one attached hydrogen (secondary N) is 1. The van der Waals surface area contributed by atoms with Gasteiger partial charge in [-0.25, -0.2) is 0 Å². The number of rotatable bonds is 3. The van der Waals surface area contributed by atoms with E-state index in [0.717, 1.165) is 22.2 Å². The predicted molar refractivity (Wildman–Crippen MR) is 69.3 cm³/mol. The number of aromatic nitrogens is 1. The molecule has 0 unspecified atom stereocenters. The first-order valence-electron chi connectivity index (χ1n) is 5.04. The van der Waals surface area contributed by atoms with Gasteiger partial charge in [0.1, 0.15) is 5.75 Å². The lowest BCUT2D eigenvalue weighted by Gasteiger charge is -2.06. The molecule has 0 radical (unpaired) electrons. The Morgan fingerprint density at radius 1 is 1.53 bits per heavy atom. The third kappa shape index (κ3) is 2.52. The number of ether oxygens (including phenoxy) is 1. The van der Waals surface area contributed by atoms with Gasteiger partial charge >= 0.3 is 0 Å². The minimum Gasteiger partial charge on any atom is -0.497 e. The Morgan fingerprint density at radius 2 is 2.29 bits per heavy atom. The van der Waals surface area contributed by atoms with Gasteiger partial charge in [0.25, 0.3) is 0 Å². The number of fused-ring (bicyclic) bond motifs is 1. The van der Waals surface area contributed by atoms with E-state index < -0.39 is 0 Å². The van der Waals surface area contributed by atoms with Crippen LogP contribution in [0.4, 0.5) is 0 Å². The van der Waals surface area contributed by atoms with Crippen molar-refractivity contribution in [1.29, 1.82) is 5.26 Å². The molecule has 2 aromatic rings. The van der Waals surface area contributed by atoms with Crippen molar-refractivity contribution in [1.82, 2.24) is 4.98 Å². The van der Waals surface area contributed by atoms with Crippen molar-refractivity contribution in [3.05, 3.63) is 30.0 Å². The highest BCUT2D eigenvalue weighted by molar-refractivity contribution is 5.85. The van der Waals surface area contributed by atoms with E-state index in [1.165, 1.54) is 0 Å². The van der Waals surface area contributed by atoms with Gasteiger partial charge in [0.05, 0.1) is 19.6 Å². The molecule has 5 heteroatoms. The van der Waals surface area contributed by atoms with Crippen molar-refractivity contribution in [2.75, 3.05) is 7.11 Å². The fourth-order valence-electron chi connectivity index (χ4n) is 1.76. The molecule has 0 amide bonds.